The normalized spacial score (nSPS) is 11.1. The lowest BCUT2D eigenvalue weighted by atomic mass is 10.0. The summed E-state index contributed by atoms with van der Waals surface area (Å²) in [4.78, 5) is 22.9. The van der Waals surface area contributed by atoms with Crippen LogP contribution in [0.15, 0.2) is 28.7 Å². The summed E-state index contributed by atoms with van der Waals surface area (Å²) in [5.41, 5.74) is -0.00238. The van der Waals surface area contributed by atoms with Crippen LogP contribution in [0.25, 0.3) is 0 Å². The average Bonchev–Trinajstić information content (AvgIpc) is 2.28. The number of rotatable bonds is 4. The van der Waals surface area contributed by atoms with Crippen LogP contribution in [0.2, 0.25) is 0 Å². The Hall–Kier alpha value is -1.24. The summed E-state index contributed by atoms with van der Waals surface area (Å²) in [6, 6.07) is 5.95. The summed E-state index contributed by atoms with van der Waals surface area (Å²) in [5.74, 6) is -5.67. The van der Waals surface area contributed by atoms with E-state index in [-0.39, 0.29) is 12.2 Å². The summed E-state index contributed by atoms with van der Waals surface area (Å²) in [6.45, 7) is 1.45. The average molecular weight is 303 g/mol. The SMILES string of the molecule is CCOC(=O)C(O)(O)C(=O)c1cccc(Br)c1. The van der Waals surface area contributed by atoms with Gasteiger partial charge in [0.15, 0.2) is 0 Å². The van der Waals surface area contributed by atoms with E-state index in [2.05, 4.69) is 20.7 Å². The van der Waals surface area contributed by atoms with Gasteiger partial charge >= 0.3 is 11.8 Å². The lowest BCUT2D eigenvalue weighted by Crippen LogP contribution is -2.47. The molecule has 0 amide bonds. The molecule has 0 aromatic heterocycles. The summed E-state index contributed by atoms with van der Waals surface area (Å²) >= 11 is 3.13. The smallest absolute Gasteiger partial charge is 0.375 e. The van der Waals surface area contributed by atoms with Crippen LogP contribution in [0.5, 0.6) is 0 Å². The van der Waals surface area contributed by atoms with Gasteiger partial charge in [0.25, 0.3) is 0 Å². The first-order valence-electron chi connectivity index (χ1n) is 4.82. The van der Waals surface area contributed by atoms with Gasteiger partial charge in [0, 0.05) is 10.0 Å². The number of Topliss-reactive ketones (excluding diaryl/α,β-unsaturated/α-hetero) is 1. The first-order valence-corrected chi connectivity index (χ1v) is 5.61. The summed E-state index contributed by atoms with van der Waals surface area (Å²) in [7, 11) is 0. The van der Waals surface area contributed by atoms with Gasteiger partial charge in [-0.15, -0.1) is 0 Å². The molecule has 0 spiro atoms. The zero-order chi connectivity index (χ0) is 13.1. The molecule has 1 aromatic rings. The van der Waals surface area contributed by atoms with Crippen LogP contribution in [0.3, 0.4) is 0 Å². The summed E-state index contributed by atoms with van der Waals surface area (Å²) in [6.07, 6.45) is 0. The standard InChI is InChI=1S/C11H11BrO5/c1-2-17-10(14)11(15,16)9(13)7-4-3-5-8(12)6-7/h3-6,15-16H,2H2,1H3. The molecule has 0 heterocycles. The molecule has 6 heteroatoms. The molecule has 1 aromatic carbocycles. The number of aliphatic hydroxyl groups is 2. The second-order valence-electron chi connectivity index (χ2n) is 3.23. The molecule has 0 fully saturated rings. The molecule has 0 atom stereocenters. The lowest BCUT2D eigenvalue weighted by molar-refractivity contribution is -0.191. The molecule has 92 valence electrons. The van der Waals surface area contributed by atoms with Crippen molar-refractivity contribution < 1.29 is 24.5 Å². The van der Waals surface area contributed by atoms with E-state index in [1.807, 2.05) is 0 Å². The van der Waals surface area contributed by atoms with Gasteiger partial charge in [0.1, 0.15) is 0 Å². The molecule has 0 aliphatic heterocycles. The number of hydrogen-bond donors (Lipinski definition) is 2. The van der Waals surface area contributed by atoms with Crippen molar-refractivity contribution in [1.82, 2.24) is 0 Å². The van der Waals surface area contributed by atoms with Crippen LogP contribution < -0.4 is 0 Å². The van der Waals surface area contributed by atoms with Gasteiger partial charge in [-0.1, -0.05) is 28.1 Å². The maximum absolute atomic E-state index is 11.7. The van der Waals surface area contributed by atoms with E-state index in [4.69, 9.17) is 0 Å². The highest BCUT2D eigenvalue weighted by molar-refractivity contribution is 9.10. The van der Waals surface area contributed by atoms with Crippen molar-refractivity contribution in [3.63, 3.8) is 0 Å². The molecule has 0 aliphatic rings. The Kier molecular flexibility index (Phi) is 4.39. The Morgan fingerprint density at radius 3 is 2.59 bits per heavy atom. The van der Waals surface area contributed by atoms with Crippen LogP contribution in [0, 0.1) is 0 Å². The fourth-order valence-electron chi connectivity index (χ4n) is 1.16. The third-order valence-corrected chi connectivity index (χ3v) is 2.46. The molecule has 0 saturated carbocycles. The molecule has 2 N–H and O–H groups in total. The molecule has 0 aliphatic carbocycles. The van der Waals surface area contributed by atoms with Crippen LogP contribution in [0.1, 0.15) is 17.3 Å². The van der Waals surface area contributed by atoms with Gasteiger partial charge < -0.3 is 14.9 Å². The monoisotopic (exact) mass is 302 g/mol. The minimum atomic E-state index is -3.16. The van der Waals surface area contributed by atoms with Crippen molar-refractivity contribution in [3.05, 3.63) is 34.3 Å². The molecule has 0 unspecified atom stereocenters. The van der Waals surface area contributed by atoms with E-state index < -0.39 is 17.5 Å². The van der Waals surface area contributed by atoms with E-state index in [0.29, 0.717) is 4.47 Å². The number of hydrogen-bond acceptors (Lipinski definition) is 5. The molecular weight excluding hydrogens is 292 g/mol. The highest BCUT2D eigenvalue weighted by Gasteiger charge is 2.44. The highest BCUT2D eigenvalue weighted by Crippen LogP contribution is 2.17. The Balaban J connectivity index is 3.00. The molecule has 0 radical (unpaired) electrons. The van der Waals surface area contributed by atoms with Gasteiger partial charge in [-0.25, -0.2) is 4.79 Å². The van der Waals surface area contributed by atoms with Gasteiger partial charge in [-0.3, -0.25) is 4.79 Å². The Morgan fingerprint density at radius 2 is 2.06 bits per heavy atom. The fraction of sp³-hybridized carbons (Fsp3) is 0.273. The molecule has 17 heavy (non-hydrogen) atoms. The van der Waals surface area contributed by atoms with Gasteiger partial charge in [0.05, 0.1) is 6.61 Å². The Morgan fingerprint density at radius 1 is 1.41 bits per heavy atom. The van der Waals surface area contributed by atoms with E-state index in [9.17, 15) is 19.8 Å². The minimum Gasteiger partial charge on any atom is -0.462 e. The number of ketones is 1. The number of benzene rings is 1. The minimum absolute atomic E-state index is 0.00238. The van der Waals surface area contributed by atoms with Crippen molar-refractivity contribution in [3.8, 4) is 0 Å². The van der Waals surface area contributed by atoms with E-state index in [0.717, 1.165) is 0 Å². The van der Waals surface area contributed by atoms with Crippen molar-refractivity contribution in [2.75, 3.05) is 6.61 Å². The fourth-order valence-corrected chi connectivity index (χ4v) is 1.55. The maximum Gasteiger partial charge on any atom is 0.375 e. The van der Waals surface area contributed by atoms with E-state index in [1.54, 1.807) is 12.1 Å². The van der Waals surface area contributed by atoms with E-state index in [1.165, 1.54) is 19.1 Å². The Labute approximate surface area is 106 Å². The molecule has 0 saturated heterocycles. The third kappa shape index (κ3) is 3.12. The van der Waals surface area contributed by atoms with Gasteiger partial charge in [-0.05, 0) is 19.1 Å². The second-order valence-corrected chi connectivity index (χ2v) is 4.15. The van der Waals surface area contributed by atoms with Crippen LogP contribution >= 0.6 is 15.9 Å². The van der Waals surface area contributed by atoms with Crippen LogP contribution in [0.4, 0.5) is 0 Å². The number of esters is 1. The predicted octanol–water partition coefficient (Wildman–Crippen LogP) is 0.876. The zero-order valence-electron chi connectivity index (χ0n) is 9.01. The molecule has 1 rings (SSSR count). The second kappa shape index (κ2) is 5.39. The van der Waals surface area contributed by atoms with Crippen molar-refractivity contribution in [2.24, 2.45) is 0 Å². The quantitative estimate of drug-likeness (QED) is 0.373. The largest absolute Gasteiger partial charge is 0.462 e. The molecule has 0 bridgehead atoms. The third-order valence-electron chi connectivity index (χ3n) is 1.96. The molecular formula is C11H11BrO5. The van der Waals surface area contributed by atoms with Crippen molar-refractivity contribution >= 4 is 27.7 Å². The summed E-state index contributed by atoms with van der Waals surface area (Å²) in [5, 5.41) is 18.9. The maximum atomic E-state index is 11.7. The van der Waals surface area contributed by atoms with Gasteiger partial charge in [-0.2, -0.15) is 0 Å². The van der Waals surface area contributed by atoms with Crippen LogP contribution in [-0.2, 0) is 9.53 Å². The highest BCUT2D eigenvalue weighted by atomic mass is 79.9. The lowest BCUT2D eigenvalue weighted by Gasteiger charge is -2.17. The Bertz CT molecular complexity index is 441. The van der Waals surface area contributed by atoms with Crippen molar-refractivity contribution in [1.29, 1.82) is 0 Å². The number of halogens is 1. The van der Waals surface area contributed by atoms with Crippen molar-refractivity contribution in [2.45, 2.75) is 12.7 Å². The zero-order valence-corrected chi connectivity index (χ0v) is 10.6. The first-order chi connectivity index (χ1) is 7.89. The number of carbonyl (C=O) groups is 2. The summed E-state index contributed by atoms with van der Waals surface area (Å²) < 4.78 is 4.99. The first kappa shape index (κ1) is 13.8. The van der Waals surface area contributed by atoms with Crippen LogP contribution in [-0.4, -0.2) is 34.4 Å². The number of ether oxygens (including phenoxy) is 1. The van der Waals surface area contributed by atoms with E-state index >= 15 is 0 Å². The number of carbonyl (C=O) groups excluding carboxylic acids is 2. The topological polar surface area (TPSA) is 83.8 Å². The molecule has 5 nitrogen and oxygen atoms in total. The predicted molar refractivity (Wildman–Crippen MR) is 62.3 cm³/mol. The van der Waals surface area contributed by atoms with Gasteiger partial charge in [0.2, 0.25) is 5.78 Å².